The van der Waals surface area contributed by atoms with Gasteiger partial charge in [0.1, 0.15) is 0 Å². The molecule has 0 bridgehead atoms. The maximum absolute atomic E-state index is 12.4. The molecule has 24 heavy (non-hydrogen) atoms. The van der Waals surface area contributed by atoms with E-state index in [-0.39, 0.29) is 10.5 Å². The van der Waals surface area contributed by atoms with Crippen molar-refractivity contribution in [2.24, 2.45) is 0 Å². The van der Waals surface area contributed by atoms with Gasteiger partial charge in [-0.1, -0.05) is 29.3 Å². The van der Waals surface area contributed by atoms with E-state index in [1.807, 2.05) is 0 Å². The molecule has 0 aliphatic carbocycles. The van der Waals surface area contributed by atoms with Gasteiger partial charge in [0.05, 0.1) is 4.90 Å². The van der Waals surface area contributed by atoms with Gasteiger partial charge < -0.3 is 5.32 Å². The van der Waals surface area contributed by atoms with Gasteiger partial charge in [0.15, 0.2) is 0 Å². The van der Waals surface area contributed by atoms with E-state index in [1.165, 1.54) is 44.4 Å². The number of carbonyl (C=O) groups excluding carboxylic acids is 1. The Kier molecular flexibility index (Phi) is 5.55. The highest BCUT2D eigenvalue weighted by atomic mass is 35.5. The lowest BCUT2D eigenvalue weighted by Crippen LogP contribution is -2.22. The van der Waals surface area contributed by atoms with Crippen molar-refractivity contribution in [2.45, 2.75) is 11.8 Å². The van der Waals surface area contributed by atoms with E-state index in [9.17, 15) is 13.2 Å². The molecule has 2 aromatic carbocycles. The van der Waals surface area contributed by atoms with Gasteiger partial charge in [-0.15, -0.1) is 0 Å². The molecule has 0 saturated carbocycles. The molecular formula is C16H16Cl2N2O3S. The molecule has 0 heterocycles. The number of hydrogen-bond acceptors (Lipinski definition) is 3. The van der Waals surface area contributed by atoms with E-state index >= 15 is 0 Å². The summed E-state index contributed by atoms with van der Waals surface area (Å²) in [4.78, 5) is 12.5. The highest BCUT2D eigenvalue weighted by molar-refractivity contribution is 7.89. The van der Waals surface area contributed by atoms with Crippen molar-refractivity contribution < 1.29 is 13.2 Å². The number of hydrogen-bond donors (Lipinski definition) is 1. The zero-order valence-corrected chi connectivity index (χ0v) is 15.6. The van der Waals surface area contributed by atoms with Gasteiger partial charge in [0, 0.05) is 35.4 Å². The first-order chi connectivity index (χ1) is 11.1. The minimum Gasteiger partial charge on any atom is -0.322 e. The average Bonchev–Trinajstić information content (AvgIpc) is 2.48. The number of halogens is 2. The summed E-state index contributed by atoms with van der Waals surface area (Å²) >= 11 is 11.8. The first kappa shape index (κ1) is 18.7. The van der Waals surface area contributed by atoms with Crippen molar-refractivity contribution in [3.63, 3.8) is 0 Å². The van der Waals surface area contributed by atoms with Crippen LogP contribution in [0.4, 0.5) is 5.69 Å². The van der Waals surface area contributed by atoms with E-state index < -0.39 is 15.9 Å². The molecule has 0 unspecified atom stereocenters. The highest BCUT2D eigenvalue weighted by Crippen LogP contribution is 2.24. The molecule has 0 spiro atoms. The summed E-state index contributed by atoms with van der Waals surface area (Å²) in [7, 11) is -0.699. The van der Waals surface area contributed by atoms with Crippen LogP contribution in [0.2, 0.25) is 10.0 Å². The summed E-state index contributed by atoms with van der Waals surface area (Å²) in [6, 6.07) is 9.05. The second-order valence-corrected chi connectivity index (χ2v) is 8.40. The topological polar surface area (TPSA) is 66.5 Å². The van der Waals surface area contributed by atoms with Crippen molar-refractivity contribution in [3.05, 3.63) is 57.6 Å². The lowest BCUT2D eigenvalue weighted by atomic mass is 10.1. The van der Waals surface area contributed by atoms with Crippen molar-refractivity contribution in [2.75, 3.05) is 19.4 Å². The van der Waals surface area contributed by atoms with E-state index in [0.717, 1.165) is 9.87 Å². The van der Waals surface area contributed by atoms with E-state index in [1.54, 1.807) is 13.0 Å². The van der Waals surface area contributed by atoms with Crippen LogP contribution in [0.3, 0.4) is 0 Å². The van der Waals surface area contributed by atoms with Crippen molar-refractivity contribution in [1.29, 1.82) is 0 Å². The molecular weight excluding hydrogens is 371 g/mol. The van der Waals surface area contributed by atoms with Crippen LogP contribution in [-0.2, 0) is 10.0 Å². The monoisotopic (exact) mass is 386 g/mol. The van der Waals surface area contributed by atoms with Crippen LogP contribution in [0.5, 0.6) is 0 Å². The summed E-state index contributed by atoms with van der Waals surface area (Å²) in [5, 5.41) is 3.38. The van der Waals surface area contributed by atoms with Gasteiger partial charge >= 0.3 is 0 Å². The summed E-state index contributed by atoms with van der Waals surface area (Å²) in [5.41, 5.74) is 1.42. The minimum atomic E-state index is -3.59. The lowest BCUT2D eigenvalue weighted by Gasteiger charge is -2.14. The number of carbonyl (C=O) groups is 1. The summed E-state index contributed by atoms with van der Waals surface area (Å²) < 4.78 is 25.5. The third kappa shape index (κ3) is 4.08. The quantitative estimate of drug-likeness (QED) is 0.868. The molecule has 0 fully saturated rings. The SMILES string of the molecule is Cc1ccc(S(=O)(=O)N(C)C)cc1NC(=O)c1cc(Cl)cc(Cl)c1. The number of nitrogens with one attached hydrogen (secondary N) is 1. The number of anilines is 1. The fraction of sp³-hybridized carbons (Fsp3) is 0.188. The molecule has 1 N–H and O–H groups in total. The lowest BCUT2D eigenvalue weighted by molar-refractivity contribution is 0.102. The maximum atomic E-state index is 12.4. The first-order valence-corrected chi connectivity index (χ1v) is 9.11. The number of benzene rings is 2. The number of amides is 1. The zero-order valence-electron chi connectivity index (χ0n) is 13.3. The van der Waals surface area contributed by atoms with Crippen LogP contribution >= 0.6 is 23.2 Å². The van der Waals surface area contributed by atoms with Crippen LogP contribution < -0.4 is 5.32 Å². The van der Waals surface area contributed by atoms with Gasteiger partial charge in [-0.3, -0.25) is 4.79 Å². The van der Waals surface area contributed by atoms with Gasteiger partial charge in [0.2, 0.25) is 10.0 Å². The average molecular weight is 387 g/mol. The maximum Gasteiger partial charge on any atom is 0.255 e. The Labute approximate surface area is 151 Å². The Morgan fingerprint density at radius 3 is 2.17 bits per heavy atom. The van der Waals surface area contributed by atoms with E-state index in [2.05, 4.69) is 5.32 Å². The van der Waals surface area contributed by atoms with Crippen molar-refractivity contribution in [1.82, 2.24) is 4.31 Å². The Morgan fingerprint density at radius 2 is 1.62 bits per heavy atom. The molecule has 8 heteroatoms. The Bertz CT molecular complexity index is 876. The molecule has 5 nitrogen and oxygen atoms in total. The van der Waals surface area contributed by atoms with Gasteiger partial charge in [-0.05, 0) is 42.8 Å². The smallest absolute Gasteiger partial charge is 0.255 e. The molecule has 0 saturated heterocycles. The normalized spacial score (nSPS) is 11.6. The number of rotatable bonds is 4. The second kappa shape index (κ2) is 7.11. The van der Waals surface area contributed by atoms with E-state index in [0.29, 0.717) is 15.7 Å². The fourth-order valence-corrected chi connectivity index (χ4v) is 3.44. The van der Waals surface area contributed by atoms with Crippen LogP contribution in [-0.4, -0.2) is 32.7 Å². The van der Waals surface area contributed by atoms with Gasteiger partial charge in [0.25, 0.3) is 5.91 Å². The first-order valence-electron chi connectivity index (χ1n) is 6.92. The highest BCUT2D eigenvalue weighted by Gasteiger charge is 2.19. The molecule has 128 valence electrons. The van der Waals surface area contributed by atoms with Crippen LogP contribution in [0.15, 0.2) is 41.3 Å². The van der Waals surface area contributed by atoms with E-state index in [4.69, 9.17) is 23.2 Å². The molecule has 0 atom stereocenters. The Hall–Kier alpha value is -1.60. The molecule has 2 rings (SSSR count). The van der Waals surface area contributed by atoms with Crippen LogP contribution in [0.1, 0.15) is 15.9 Å². The fourth-order valence-electron chi connectivity index (χ4n) is 1.99. The molecule has 0 aliphatic heterocycles. The number of aryl methyl sites for hydroxylation is 1. The standard InChI is InChI=1S/C16H16Cl2N2O3S/c1-10-4-5-14(24(22,23)20(2)3)9-15(10)19-16(21)11-6-12(17)8-13(18)7-11/h4-9H,1-3H3,(H,19,21). The van der Waals surface area contributed by atoms with Crippen LogP contribution in [0.25, 0.3) is 0 Å². The predicted molar refractivity (Wildman–Crippen MR) is 96.5 cm³/mol. The number of nitrogens with zero attached hydrogens (tertiary/aromatic N) is 1. The van der Waals surface area contributed by atoms with Crippen molar-refractivity contribution >= 4 is 44.8 Å². The second-order valence-electron chi connectivity index (χ2n) is 5.38. The largest absolute Gasteiger partial charge is 0.322 e. The molecule has 0 aromatic heterocycles. The summed E-state index contributed by atoms with van der Waals surface area (Å²) in [6.45, 7) is 1.77. The molecule has 0 aliphatic rings. The Balaban J connectivity index is 2.37. The molecule has 1 amide bonds. The summed E-state index contributed by atoms with van der Waals surface area (Å²) in [5.74, 6) is -0.429. The molecule has 2 aromatic rings. The minimum absolute atomic E-state index is 0.0949. The van der Waals surface area contributed by atoms with Gasteiger partial charge in [-0.25, -0.2) is 12.7 Å². The third-order valence-electron chi connectivity index (χ3n) is 3.36. The predicted octanol–water partition coefficient (Wildman–Crippen LogP) is 3.80. The van der Waals surface area contributed by atoms with Crippen LogP contribution in [0, 0.1) is 6.92 Å². The van der Waals surface area contributed by atoms with Crippen molar-refractivity contribution in [3.8, 4) is 0 Å². The molecule has 0 radical (unpaired) electrons. The van der Waals surface area contributed by atoms with Gasteiger partial charge in [-0.2, -0.15) is 0 Å². The Morgan fingerprint density at radius 1 is 1.04 bits per heavy atom. The summed E-state index contributed by atoms with van der Waals surface area (Å²) in [6.07, 6.45) is 0. The number of sulfonamides is 1. The third-order valence-corrected chi connectivity index (χ3v) is 5.61. The zero-order chi connectivity index (χ0) is 18.1.